The van der Waals surface area contributed by atoms with Crippen molar-refractivity contribution in [2.45, 2.75) is 38.1 Å². The standard InChI is InChI=1S/C17H19Cl2N5S/c1-8-5-9(2)11-7-12(25-13(11)6-8)10(3)21-16-23-14(17(4,18)19)22-15(20)24-16/h5-7,10H,1-4H3,(H3,20,21,22,23,24). The summed E-state index contributed by atoms with van der Waals surface area (Å²) in [6.07, 6.45) is 0. The lowest BCUT2D eigenvalue weighted by Crippen LogP contribution is -2.17. The van der Waals surface area contributed by atoms with Gasteiger partial charge in [-0.2, -0.15) is 15.0 Å². The van der Waals surface area contributed by atoms with Crippen LogP contribution >= 0.6 is 34.5 Å². The molecule has 1 atom stereocenters. The predicted molar refractivity (Wildman–Crippen MR) is 107 cm³/mol. The highest BCUT2D eigenvalue weighted by Crippen LogP contribution is 2.34. The number of nitrogens with zero attached hydrogens (tertiary/aromatic N) is 3. The van der Waals surface area contributed by atoms with Gasteiger partial charge >= 0.3 is 0 Å². The molecule has 0 aliphatic heterocycles. The van der Waals surface area contributed by atoms with Crippen LogP contribution in [0.3, 0.4) is 0 Å². The first-order valence-corrected chi connectivity index (χ1v) is 9.38. The summed E-state index contributed by atoms with van der Waals surface area (Å²) in [5, 5.41) is 4.53. The summed E-state index contributed by atoms with van der Waals surface area (Å²) in [6.45, 7) is 7.88. The maximum atomic E-state index is 6.07. The molecule has 0 amide bonds. The van der Waals surface area contributed by atoms with Gasteiger partial charge in [-0.15, -0.1) is 11.3 Å². The first-order valence-electron chi connectivity index (χ1n) is 7.80. The molecule has 3 rings (SSSR count). The van der Waals surface area contributed by atoms with Gasteiger partial charge in [0.2, 0.25) is 11.9 Å². The van der Waals surface area contributed by atoms with Crippen molar-refractivity contribution in [3.63, 3.8) is 0 Å². The molecule has 0 bridgehead atoms. The van der Waals surface area contributed by atoms with Crippen molar-refractivity contribution in [3.05, 3.63) is 40.0 Å². The molecule has 0 fully saturated rings. The monoisotopic (exact) mass is 395 g/mol. The van der Waals surface area contributed by atoms with Crippen LogP contribution in [-0.4, -0.2) is 15.0 Å². The number of alkyl halides is 2. The number of nitrogens with two attached hydrogens (primary N) is 1. The van der Waals surface area contributed by atoms with E-state index in [1.54, 1.807) is 18.3 Å². The van der Waals surface area contributed by atoms with Crippen molar-refractivity contribution in [1.82, 2.24) is 15.0 Å². The van der Waals surface area contributed by atoms with E-state index in [-0.39, 0.29) is 17.8 Å². The minimum Gasteiger partial charge on any atom is -0.368 e. The number of aromatic nitrogens is 3. The molecule has 0 aliphatic rings. The van der Waals surface area contributed by atoms with Gasteiger partial charge in [0.05, 0.1) is 6.04 Å². The molecular formula is C17H19Cl2N5S. The highest BCUT2D eigenvalue weighted by Gasteiger charge is 2.25. The number of nitrogens with one attached hydrogen (secondary N) is 1. The Balaban J connectivity index is 1.91. The second-order valence-corrected chi connectivity index (χ2v) is 9.06. The number of aryl methyl sites for hydroxylation is 2. The molecule has 0 saturated carbocycles. The molecular weight excluding hydrogens is 377 g/mol. The summed E-state index contributed by atoms with van der Waals surface area (Å²) in [5.74, 6) is 0.656. The summed E-state index contributed by atoms with van der Waals surface area (Å²) in [7, 11) is 0. The van der Waals surface area contributed by atoms with E-state index in [2.05, 4.69) is 52.3 Å². The van der Waals surface area contributed by atoms with Crippen LogP contribution in [0, 0.1) is 13.8 Å². The topological polar surface area (TPSA) is 76.7 Å². The third kappa shape index (κ3) is 3.97. The molecule has 0 radical (unpaired) electrons. The summed E-state index contributed by atoms with van der Waals surface area (Å²) in [5.41, 5.74) is 8.29. The van der Waals surface area contributed by atoms with Crippen molar-refractivity contribution >= 4 is 56.5 Å². The highest BCUT2D eigenvalue weighted by molar-refractivity contribution is 7.19. The van der Waals surface area contributed by atoms with Gasteiger partial charge < -0.3 is 11.1 Å². The van der Waals surface area contributed by atoms with Crippen molar-refractivity contribution < 1.29 is 0 Å². The van der Waals surface area contributed by atoms with E-state index in [9.17, 15) is 0 Å². The van der Waals surface area contributed by atoms with Gasteiger partial charge in [-0.1, -0.05) is 29.3 Å². The second-order valence-electron chi connectivity index (χ2n) is 6.24. The Hall–Kier alpha value is -1.63. The van der Waals surface area contributed by atoms with Gasteiger partial charge in [-0.25, -0.2) is 0 Å². The average Bonchev–Trinajstić information content (AvgIpc) is 2.90. The van der Waals surface area contributed by atoms with Gasteiger partial charge in [0, 0.05) is 9.58 Å². The lowest BCUT2D eigenvalue weighted by atomic mass is 10.1. The number of nitrogen functional groups attached to an aromatic ring is 1. The first-order chi connectivity index (χ1) is 11.6. The molecule has 0 spiro atoms. The van der Waals surface area contributed by atoms with Gasteiger partial charge in [-0.3, -0.25) is 0 Å². The van der Waals surface area contributed by atoms with E-state index in [0.29, 0.717) is 5.95 Å². The molecule has 0 saturated heterocycles. The predicted octanol–water partition coefficient (Wildman–Crippen LogP) is 5.11. The second kappa shape index (κ2) is 6.59. The largest absolute Gasteiger partial charge is 0.368 e. The Kier molecular flexibility index (Phi) is 4.79. The molecule has 0 aliphatic carbocycles. The summed E-state index contributed by atoms with van der Waals surface area (Å²) >= 11 is 13.9. The van der Waals surface area contributed by atoms with Crippen LogP contribution in [0.25, 0.3) is 10.1 Å². The van der Waals surface area contributed by atoms with Crippen LogP contribution in [0.15, 0.2) is 18.2 Å². The number of fused-ring (bicyclic) bond motifs is 1. The molecule has 25 heavy (non-hydrogen) atoms. The quantitative estimate of drug-likeness (QED) is 0.600. The van der Waals surface area contributed by atoms with Crippen molar-refractivity contribution in [1.29, 1.82) is 0 Å². The number of hydrogen-bond acceptors (Lipinski definition) is 6. The van der Waals surface area contributed by atoms with E-state index < -0.39 is 4.33 Å². The smallest absolute Gasteiger partial charge is 0.228 e. The van der Waals surface area contributed by atoms with Gasteiger partial charge in [-0.05, 0) is 56.3 Å². The lowest BCUT2D eigenvalue weighted by molar-refractivity contribution is 0.806. The van der Waals surface area contributed by atoms with Gasteiger partial charge in [0.15, 0.2) is 10.2 Å². The first kappa shape index (κ1) is 18.2. The number of hydrogen-bond donors (Lipinski definition) is 2. The van der Waals surface area contributed by atoms with Crippen LogP contribution < -0.4 is 11.1 Å². The van der Waals surface area contributed by atoms with Gasteiger partial charge in [0.1, 0.15) is 0 Å². The van der Waals surface area contributed by atoms with Crippen molar-refractivity contribution in [3.8, 4) is 0 Å². The summed E-state index contributed by atoms with van der Waals surface area (Å²) < 4.78 is 0.0364. The number of thiophene rings is 1. The molecule has 1 unspecified atom stereocenters. The molecule has 3 aromatic rings. The lowest BCUT2D eigenvalue weighted by Gasteiger charge is -2.16. The van der Waals surface area contributed by atoms with Gasteiger partial charge in [0.25, 0.3) is 0 Å². The van der Waals surface area contributed by atoms with E-state index in [4.69, 9.17) is 28.9 Å². The number of benzene rings is 1. The molecule has 8 heteroatoms. The van der Waals surface area contributed by atoms with Crippen molar-refractivity contribution in [2.75, 3.05) is 11.1 Å². The highest BCUT2D eigenvalue weighted by atomic mass is 35.5. The fraction of sp³-hybridized carbons (Fsp3) is 0.353. The Bertz CT molecular complexity index is 933. The molecule has 2 aromatic heterocycles. The van der Waals surface area contributed by atoms with Crippen LogP contribution in [0.2, 0.25) is 0 Å². The van der Waals surface area contributed by atoms with Crippen LogP contribution in [-0.2, 0) is 4.33 Å². The normalized spacial score (nSPS) is 13.2. The van der Waals surface area contributed by atoms with Crippen LogP contribution in [0.4, 0.5) is 11.9 Å². The molecule has 132 valence electrons. The zero-order chi connectivity index (χ0) is 18.4. The van der Waals surface area contributed by atoms with E-state index in [1.807, 2.05) is 6.92 Å². The molecule has 5 nitrogen and oxygen atoms in total. The van der Waals surface area contributed by atoms with Crippen LogP contribution in [0.5, 0.6) is 0 Å². The Morgan fingerprint density at radius 3 is 2.56 bits per heavy atom. The number of anilines is 2. The minimum absolute atomic E-state index is 0.00339. The number of halogens is 2. The molecule has 1 aromatic carbocycles. The third-order valence-electron chi connectivity index (χ3n) is 3.83. The molecule has 3 N–H and O–H groups in total. The van der Waals surface area contributed by atoms with Crippen molar-refractivity contribution in [2.24, 2.45) is 0 Å². The Morgan fingerprint density at radius 1 is 1.16 bits per heavy atom. The zero-order valence-corrected chi connectivity index (χ0v) is 16.7. The third-order valence-corrected chi connectivity index (χ3v) is 5.43. The average molecular weight is 396 g/mol. The molecule has 2 heterocycles. The Labute approximate surface area is 160 Å². The van der Waals surface area contributed by atoms with E-state index >= 15 is 0 Å². The maximum absolute atomic E-state index is 6.07. The summed E-state index contributed by atoms with van der Waals surface area (Å²) in [6, 6.07) is 6.60. The van der Waals surface area contributed by atoms with E-state index in [0.717, 1.165) is 0 Å². The maximum Gasteiger partial charge on any atom is 0.228 e. The summed E-state index contributed by atoms with van der Waals surface area (Å²) in [4.78, 5) is 13.6. The minimum atomic E-state index is -1.23. The fourth-order valence-electron chi connectivity index (χ4n) is 2.64. The Morgan fingerprint density at radius 2 is 1.88 bits per heavy atom. The fourth-order valence-corrected chi connectivity index (χ4v) is 4.05. The van der Waals surface area contributed by atoms with Crippen LogP contribution in [0.1, 0.15) is 41.7 Å². The zero-order valence-electron chi connectivity index (χ0n) is 14.4. The van der Waals surface area contributed by atoms with E-state index in [1.165, 1.54) is 26.1 Å². The SMILES string of the molecule is Cc1cc(C)c2cc(C(C)Nc3nc(N)nc(C(C)(Cl)Cl)n3)sc2c1. The number of rotatable bonds is 4.